The van der Waals surface area contributed by atoms with Crippen molar-refractivity contribution in [1.29, 1.82) is 0 Å². The zero-order valence-corrected chi connectivity index (χ0v) is 22.5. The van der Waals surface area contributed by atoms with E-state index in [1.807, 2.05) is 0 Å². The summed E-state index contributed by atoms with van der Waals surface area (Å²) in [6.07, 6.45) is -3.94. The summed E-state index contributed by atoms with van der Waals surface area (Å²) in [5, 5.41) is 2.76. The lowest BCUT2D eigenvalue weighted by molar-refractivity contribution is -0.143. The van der Waals surface area contributed by atoms with Gasteiger partial charge in [-0.1, -0.05) is 37.5 Å². The Labute approximate surface area is 230 Å². The molecule has 1 aliphatic heterocycles. The van der Waals surface area contributed by atoms with Crippen LogP contribution in [0.2, 0.25) is 0 Å². The molecule has 1 amide bonds. The lowest BCUT2D eigenvalue weighted by atomic mass is 9.93. The van der Waals surface area contributed by atoms with E-state index < -0.39 is 29.5 Å². The van der Waals surface area contributed by atoms with Crippen molar-refractivity contribution in [1.82, 2.24) is 15.1 Å². The fourth-order valence-corrected chi connectivity index (χ4v) is 5.79. The Bertz CT molecular complexity index is 1110. The average Bonchev–Trinajstić information content (AvgIpc) is 2.93. The number of nitrogens with one attached hydrogen (secondary N) is 1. The minimum atomic E-state index is -4.92. The summed E-state index contributed by atoms with van der Waals surface area (Å²) in [6.45, 7) is 2.80. The van der Waals surface area contributed by atoms with Crippen molar-refractivity contribution in [2.75, 3.05) is 39.8 Å². The molecule has 5 nitrogen and oxygen atoms in total. The fraction of sp³-hybridized carbons (Fsp3) is 0.552. The summed E-state index contributed by atoms with van der Waals surface area (Å²) < 4.78 is 85.0. The minimum absolute atomic E-state index is 0.104. The molecular weight excluding hydrogens is 536 g/mol. The molecule has 40 heavy (non-hydrogen) atoms. The number of benzene rings is 2. The predicted molar refractivity (Wildman–Crippen MR) is 139 cm³/mol. The third-order valence-electron chi connectivity index (χ3n) is 7.85. The van der Waals surface area contributed by atoms with Crippen molar-refractivity contribution in [2.24, 2.45) is 0 Å². The van der Waals surface area contributed by atoms with E-state index in [4.69, 9.17) is 4.74 Å². The van der Waals surface area contributed by atoms with Gasteiger partial charge in [0, 0.05) is 44.3 Å². The topological polar surface area (TPSA) is 44.8 Å². The number of para-hydroxylation sites is 1. The van der Waals surface area contributed by atoms with Gasteiger partial charge >= 0.3 is 12.4 Å². The maximum absolute atomic E-state index is 13.6. The number of methoxy groups -OCH3 is 1. The first kappa shape index (κ1) is 30.2. The van der Waals surface area contributed by atoms with Crippen LogP contribution >= 0.6 is 0 Å². The molecule has 0 spiro atoms. The first-order chi connectivity index (χ1) is 19.0. The monoisotopic (exact) mass is 571 g/mol. The van der Waals surface area contributed by atoms with Crippen LogP contribution in [0.4, 0.5) is 26.3 Å². The van der Waals surface area contributed by atoms with Crippen LogP contribution in [0.5, 0.6) is 5.75 Å². The molecule has 1 aliphatic carbocycles. The quantitative estimate of drug-likeness (QED) is 0.390. The van der Waals surface area contributed by atoms with E-state index in [-0.39, 0.29) is 30.5 Å². The maximum Gasteiger partial charge on any atom is 0.416 e. The van der Waals surface area contributed by atoms with Gasteiger partial charge in [0.1, 0.15) is 11.8 Å². The lowest BCUT2D eigenvalue weighted by Gasteiger charge is -2.43. The molecule has 0 radical (unpaired) electrons. The van der Waals surface area contributed by atoms with E-state index >= 15 is 0 Å². The molecule has 1 N–H and O–H groups in total. The molecule has 1 saturated heterocycles. The van der Waals surface area contributed by atoms with Gasteiger partial charge in [-0.3, -0.25) is 14.6 Å². The summed E-state index contributed by atoms with van der Waals surface area (Å²) in [4.78, 5) is 18.1. The third-order valence-corrected chi connectivity index (χ3v) is 7.85. The van der Waals surface area contributed by atoms with Crippen LogP contribution in [0.3, 0.4) is 0 Å². The molecular formula is C29H35F6N3O2. The fourth-order valence-electron chi connectivity index (χ4n) is 5.79. The molecule has 1 heterocycles. The van der Waals surface area contributed by atoms with E-state index in [0.717, 1.165) is 13.1 Å². The van der Waals surface area contributed by atoms with Crippen LogP contribution < -0.4 is 10.1 Å². The normalized spacial score (nSPS) is 18.9. The van der Waals surface area contributed by atoms with Crippen LogP contribution in [0.25, 0.3) is 0 Å². The summed E-state index contributed by atoms with van der Waals surface area (Å²) in [7, 11) is 1.51. The van der Waals surface area contributed by atoms with Gasteiger partial charge in [0.25, 0.3) is 0 Å². The summed E-state index contributed by atoms with van der Waals surface area (Å²) >= 11 is 0. The van der Waals surface area contributed by atoms with Crippen LogP contribution in [-0.4, -0.2) is 61.6 Å². The molecule has 0 aromatic heterocycles. The second-order valence-electron chi connectivity index (χ2n) is 10.5. The van der Waals surface area contributed by atoms with Gasteiger partial charge in [0.15, 0.2) is 0 Å². The number of halogens is 6. The molecule has 1 atom stereocenters. The first-order valence-electron chi connectivity index (χ1n) is 13.6. The van der Waals surface area contributed by atoms with Crippen LogP contribution in [-0.2, 0) is 23.6 Å². The highest BCUT2D eigenvalue weighted by Gasteiger charge is 2.37. The summed E-state index contributed by atoms with van der Waals surface area (Å²) in [6, 6.07) is 8.51. The molecule has 0 bridgehead atoms. The van der Waals surface area contributed by atoms with Gasteiger partial charge in [-0.15, -0.1) is 0 Å². The highest BCUT2D eigenvalue weighted by Crippen LogP contribution is 2.37. The molecule has 2 aromatic carbocycles. The number of piperazine rings is 1. The van der Waals surface area contributed by atoms with Crippen molar-refractivity contribution >= 4 is 5.91 Å². The Morgan fingerprint density at radius 2 is 1.52 bits per heavy atom. The van der Waals surface area contributed by atoms with Gasteiger partial charge in [-0.2, -0.15) is 26.3 Å². The smallest absolute Gasteiger partial charge is 0.416 e. The van der Waals surface area contributed by atoms with Crippen LogP contribution in [0.1, 0.15) is 60.4 Å². The second kappa shape index (κ2) is 12.8. The number of hydrogen-bond donors (Lipinski definition) is 1. The largest absolute Gasteiger partial charge is 0.496 e. The zero-order valence-electron chi connectivity index (χ0n) is 22.5. The van der Waals surface area contributed by atoms with E-state index in [1.54, 1.807) is 24.3 Å². The van der Waals surface area contributed by atoms with Gasteiger partial charge in [-0.25, -0.2) is 0 Å². The van der Waals surface area contributed by atoms with Gasteiger partial charge in [-0.05, 0) is 49.1 Å². The number of rotatable bonds is 8. The van der Waals surface area contributed by atoms with Crippen molar-refractivity contribution in [3.05, 3.63) is 64.7 Å². The Kier molecular flexibility index (Phi) is 9.66. The number of hydrogen-bond acceptors (Lipinski definition) is 4. The van der Waals surface area contributed by atoms with Crippen LogP contribution in [0, 0.1) is 0 Å². The molecule has 1 saturated carbocycles. The minimum Gasteiger partial charge on any atom is -0.496 e. The number of carbonyl (C=O) groups excluding carboxylic acids is 1. The average molecular weight is 572 g/mol. The maximum atomic E-state index is 13.6. The molecule has 2 aromatic rings. The molecule has 2 aliphatic rings. The Morgan fingerprint density at radius 3 is 2.10 bits per heavy atom. The zero-order chi connectivity index (χ0) is 28.9. The van der Waals surface area contributed by atoms with Crippen molar-refractivity contribution in [3.8, 4) is 5.75 Å². The van der Waals surface area contributed by atoms with Gasteiger partial charge in [0.2, 0.25) is 5.91 Å². The number of amides is 1. The van der Waals surface area contributed by atoms with E-state index in [9.17, 15) is 31.1 Å². The molecule has 220 valence electrons. The van der Waals surface area contributed by atoms with E-state index in [0.29, 0.717) is 42.6 Å². The number of ether oxygens (including phenoxy) is 1. The standard InChI is InChI=1S/C29H35F6N3O2/c1-40-25-10-6-5-9-24(25)26(38-15-13-37(14-16-38)23-7-3-2-4-8-23)27(39)36-12-11-20-17-21(28(30,31)32)19-22(18-20)29(33,34)35/h5-6,9-10,17-19,23,26H,2-4,7-8,11-16H2,1H3,(H,36,39). The van der Waals surface area contributed by atoms with Gasteiger partial charge in [0.05, 0.1) is 18.2 Å². The first-order valence-corrected chi connectivity index (χ1v) is 13.6. The lowest BCUT2D eigenvalue weighted by Crippen LogP contribution is -2.53. The van der Waals surface area contributed by atoms with E-state index in [1.165, 1.54) is 39.2 Å². The number of alkyl halides is 6. The molecule has 11 heteroatoms. The Morgan fingerprint density at radius 1 is 0.925 bits per heavy atom. The van der Waals surface area contributed by atoms with Crippen molar-refractivity contribution < 1.29 is 35.9 Å². The predicted octanol–water partition coefficient (Wildman–Crippen LogP) is 6.08. The number of carbonyl (C=O) groups is 1. The van der Waals surface area contributed by atoms with Crippen molar-refractivity contribution in [2.45, 2.75) is 63.0 Å². The third kappa shape index (κ3) is 7.48. The Balaban J connectivity index is 1.48. The van der Waals surface area contributed by atoms with Crippen LogP contribution in [0.15, 0.2) is 42.5 Å². The second-order valence-corrected chi connectivity index (χ2v) is 10.5. The summed E-state index contributed by atoms with van der Waals surface area (Å²) in [5.41, 5.74) is -2.23. The number of nitrogens with zero attached hydrogens (tertiary/aromatic N) is 2. The van der Waals surface area contributed by atoms with Crippen molar-refractivity contribution in [3.63, 3.8) is 0 Å². The molecule has 2 fully saturated rings. The SMILES string of the molecule is COc1ccccc1C(C(=O)NCCc1cc(C(F)(F)F)cc(C(F)(F)F)c1)N1CCN(C2CCCCC2)CC1. The van der Waals surface area contributed by atoms with Gasteiger partial charge < -0.3 is 10.1 Å². The summed E-state index contributed by atoms with van der Waals surface area (Å²) in [5.74, 6) is 0.156. The highest BCUT2D eigenvalue weighted by molar-refractivity contribution is 5.84. The van der Waals surface area contributed by atoms with E-state index in [2.05, 4.69) is 15.1 Å². The molecule has 1 unspecified atom stereocenters. The highest BCUT2D eigenvalue weighted by atomic mass is 19.4. The molecule has 4 rings (SSSR count). The Hall–Kier alpha value is -2.79.